The van der Waals surface area contributed by atoms with E-state index in [0.29, 0.717) is 10.6 Å². The minimum Gasteiger partial charge on any atom is -0.325 e. The molecule has 1 aromatic rings. The van der Waals surface area contributed by atoms with Crippen molar-refractivity contribution in [1.82, 2.24) is 0 Å². The van der Waals surface area contributed by atoms with E-state index in [1.807, 2.05) is 13.8 Å². The molecular weight excluding hydrogens is 263 g/mol. The topological polar surface area (TPSA) is 26.0 Å². The zero-order chi connectivity index (χ0) is 13.8. The maximum Gasteiger partial charge on any atom is 0.416 e. The lowest BCUT2D eigenvalue weighted by atomic mass is 9.79. The zero-order valence-corrected chi connectivity index (χ0v) is 11.0. The molecule has 0 aliphatic heterocycles. The Morgan fingerprint density at radius 3 is 2.17 bits per heavy atom. The molecule has 18 heavy (non-hydrogen) atoms. The van der Waals surface area contributed by atoms with Crippen LogP contribution < -0.4 is 5.73 Å². The smallest absolute Gasteiger partial charge is 0.325 e. The SMILES string of the molecule is CC(C)(N)C1(c2cc(C(F)(F)F)ccc2Cl)CC1. The molecule has 0 amide bonds. The van der Waals surface area contributed by atoms with Crippen molar-refractivity contribution in [2.24, 2.45) is 5.73 Å². The highest BCUT2D eigenvalue weighted by atomic mass is 35.5. The fraction of sp³-hybridized carbons (Fsp3) is 0.538. The van der Waals surface area contributed by atoms with Crippen molar-refractivity contribution in [2.45, 2.75) is 43.8 Å². The van der Waals surface area contributed by atoms with E-state index in [1.165, 1.54) is 6.07 Å². The van der Waals surface area contributed by atoms with Gasteiger partial charge in [0.25, 0.3) is 0 Å². The third-order valence-electron chi connectivity index (χ3n) is 3.79. The van der Waals surface area contributed by atoms with Crippen LogP contribution in [0.15, 0.2) is 18.2 Å². The number of rotatable bonds is 2. The predicted molar refractivity (Wildman–Crippen MR) is 65.6 cm³/mol. The third kappa shape index (κ3) is 2.12. The number of halogens is 4. The fourth-order valence-corrected chi connectivity index (χ4v) is 2.75. The van der Waals surface area contributed by atoms with Crippen LogP contribution in [0.4, 0.5) is 13.2 Å². The first kappa shape index (κ1) is 13.7. The van der Waals surface area contributed by atoms with Crippen molar-refractivity contribution in [3.05, 3.63) is 34.3 Å². The Balaban J connectivity index is 2.52. The Labute approximate surface area is 109 Å². The minimum atomic E-state index is -4.35. The molecule has 1 aromatic carbocycles. The van der Waals surface area contributed by atoms with Crippen molar-refractivity contribution in [3.8, 4) is 0 Å². The Bertz CT molecular complexity index is 470. The van der Waals surface area contributed by atoms with Crippen molar-refractivity contribution >= 4 is 11.6 Å². The molecule has 1 nitrogen and oxygen atoms in total. The van der Waals surface area contributed by atoms with Gasteiger partial charge in [0.05, 0.1) is 5.56 Å². The highest BCUT2D eigenvalue weighted by Crippen LogP contribution is 2.57. The van der Waals surface area contributed by atoms with E-state index in [4.69, 9.17) is 17.3 Å². The molecule has 1 aliphatic rings. The van der Waals surface area contributed by atoms with E-state index in [0.717, 1.165) is 25.0 Å². The van der Waals surface area contributed by atoms with Crippen LogP contribution in [-0.2, 0) is 11.6 Å². The Morgan fingerprint density at radius 1 is 1.22 bits per heavy atom. The van der Waals surface area contributed by atoms with Gasteiger partial charge in [-0.2, -0.15) is 13.2 Å². The molecule has 1 saturated carbocycles. The number of nitrogens with two attached hydrogens (primary N) is 1. The summed E-state index contributed by atoms with van der Waals surface area (Å²) < 4.78 is 38.2. The molecular formula is C13H15ClF3N. The van der Waals surface area contributed by atoms with Gasteiger partial charge in [-0.15, -0.1) is 0 Å². The second-order valence-corrected chi connectivity index (χ2v) is 5.90. The number of benzene rings is 1. The van der Waals surface area contributed by atoms with Gasteiger partial charge in [-0.3, -0.25) is 0 Å². The van der Waals surface area contributed by atoms with E-state index < -0.39 is 22.7 Å². The fourth-order valence-electron chi connectivity index (χ4n) is 2.45. The van der Waals surface area contributed by atoms with Crippen molar-refractivity contribution < 1.29 is 13.2 Å². The first-order valence-electron chi connectivity index (χ1n) is 5.74. The summed E-state index contributed by atoms with van der Waals surface area (Å²) in [6, 6.07) is 3.46. The largest absolute Gasteiger partial charge is 0.416 e. The van der Waals surface area contributed by atoms with E-state index in [1.54, 1.807) is 0 Å². The standard InChI is InChI=1S/C13H15ClF3N/c1-11(2,18)12(5-6-12)9-7-8(13(15,16)17)3-4-10(9)14/h3-4,7H,5-6,18H2,1-2H3. The number of hydrogen-bond acceptors (Lipinski definition) is 1. The summed E-state index contributed by atoms with van der Waals surface area (Å²) in [5.74, 6) is 0. The Kier molecular flexibility index (Phi) is 2.95. The lowest BCUT2D eigenvalue weighted by Crippen LogP contribution is -2.45. The second-order valence-electron chi connectivity index (χ2n) is 5.50. The quantitative estimate of drug-likeness (QED) is 0.864. The van der Waals surface area contributed by atoms with Crippen LogP contribution in [0, 0.1) is 0 Å². The molecule has 1 aliphatic carbocycles. The van der Waals surface area contributed by atoms with Gasteiger partial charge in [0.2, 0.25) is 0 Å². The van der Waals surface area contributed by atoms with Gasteiger partial charge >= 0.3 is 6.18 Å². The summed E-state index contributed by atoms with van der Waals surface area (Å²) in [7, 11) is 0. The van der Waals surface area contributed by atoms with Crippen LogP contribution in [0.5, 0.6) is 0 Å². The molecule has 0 saturated heterocycles. The van der Waals surface area contributed by atoms with Crippen LogP contribution in [0.1, 0.15) is 37.8 Å². The summed E-state index contributed by atoms with van der Waals surface area (Å²) >= 11 is 6.05. The monoisotopic (exact) mass is 277 g/mol. The lowest BCUT2D eigenvalue weighted by molar-refractivity contribution is -0.137. The van der Waals surface area contributed by atoms with Gasteiger partial charge in [0.15, 0.2) is 0 Å². The van der Waals surface area contributed by atoms with Gasteiger partial charge in [0, 0.05) is 16.0 Å². The normalized spacial score (nSPS) is 18.8. The highest BCUT2D eigenvalue weighted by molar-refractivity contribution is 6.31. The van der Waals surface area contributed by atoms with Crippen molar-refractivity contribution in [2.75, 3.05) is 0 Å². The summed E-state index contributed by atoms with van der Waals surface area (Å²) in [5, 5.41) is 0.360. The molecule has 0 unspecified atom stereocenters. The van der Waals surface area contributed by atoms with Gasteiger partial charge in [-0.05, 0) is 50.5 Å². The summed E-state index contributed by atoms with van der Waals surface area (Å²) in [6.45, 7) is 3.66. The maximum atomic E-state index is 12.7. The average molecular weight is 278 g/mol. The van der Waals surface area contributed by atoms with Crippen LogP contribution in [0.3, 0.4) is 0 Å². The molecule has 0 heterocycles. The average Bonchev–Trinajstić information content (AvgIpc) is 2.96. The first-order chi connectivity index (χ1) is 8.08. The summed E-state index contributed by atoms with van der Waals surface area (Å²) in [5.41, 5.74) is 4.94. The molecule has 1 fully saturated rings. The zero-order valence-electron chi connectivity index (χ0n) is 10.2. The molecule has 0 radical (unpaired) electrons. The molecule has 0 spiro atoms. The Morgan fingerprint density at radius 2 is 1.78 bits per heavy atom. The molecule has 100 valence electrons. The van der Waals surface area contributed by atoms with Crippen molar-refractivity contribution in [1.29, 1.82) is 0 Å². The molecule has 2 rings (SSSR count). The lowest BCUT2D eigenvalue weighted by Gasteiger charge is -2.32. The van der Waals surface area contributed by atoms with Gasteiger partial charge in [-0.25, -0.2) is 0 Å². The molecule has 0 aromatic heterocycles. The molecule has 2 N–H and O–H groups in total. The van der Waals surface area contributed by atoms with Crippen molar-refractivity contribution in [3.63, 3.8) is 0 Å². The second kappa shape index (κ2) is 3.87. The van der Waals surface area contributed by atoms with Gasteiger partial charge < -0.3 is 5.73 Å². The molecule has 0 atom stereocenters. The summed E-state index contributed by atoms with van der Waals surface area (Å²) in [4.78, 5) is 0. The van der Waals surface area contributed by atoms with Crippen LogP contribution in [-0.4, -0.2) is 5.54 Å². The van der Waals surface area contributed by atoms with E-state index in [-0.39, 0.29) is 0 Å². The van der Waals surface area contributed by atoms with E-state index in [2.05, 4.69) is 0 Å². The predicted octanol–water partition coefficient (Wildman–Crippen LogP) is 4.13. The Hall–Kier alpha value is -0.740. The third-order valence-corrected chi connectivity index (χ3v) is 4.12. The van der Waals surface area contributed by atoms with E-state index >= 15 is 0 Å². The van der Waals surface area contributed by atoms with E-state index in [9.17, 15) is 13.2 Å². The van der Waals surface area contributed by atoms with Crippen LogP contribution in [0.2, 0.25) is 5.02 Å². The van der Waals surface area contributed by atoms with Gasteiger partial charge in [-0.1, -0.05) is 11.6 Å². The first-order valence-corrected chi connectivity index (χ1v) is 6.12. The van der Waals surface area contributed by atoms with Crippen LogP contribution >= 0.6 is 11.6 Å². The summed E-state index contributed by atoms with van der Waals surface area (Å²) in [6.07, 6.45) is -2.80. The molecule has 5 heteroatoms. The maximum absolute atomic E-state index is 12.7. The van der Waals surface area contributed by atoms with Crippen LogP contribution in [0.25, 0.3) is 0 Å². The number of alkyl halides is 3. The highest BCUT2D eigenvalue weighted by Gasteiger charge is 2.55. The molecule has 0 bridgehead atoms. The number of hydrogen-bond donors (Lipinski definition) is 1. The van der Waals surface area contributed by atoms with Gasteiger partial charge in [0.1, 0.15) is 0 Å². The minimum absolute atomic E-state index is 0.360.